The molecule has 1 heterocycles. The number of fused-ring (bicyclic) bond motifs is 1. The van der Waals surface area contributed by atoms with Gasteiger partial charge in [0.1, 0.15) is 0 Å². The number of hydrogen-bond donors (Lipinski definition) is 1. The minimum absolute atomic E-state index is 0.481. The van der Waals surface area contributed by atoms with E-state index >= 15 is 0 Å². The third-order valence-corrected chi connectivity index (χ3v) is 5.11. The van der Waals surface area contributed by atoms with Crippen LogP contribution in [0, 0.1) is 0 Å². The molecule has 0 aliphatic heterocycles. The molecule has 0 amide bonds. The van der Waals surface area contributed by atoms with E-state index in [-0.39, 0.29) is 0 Å². The van der Waals surface area contributed by atoms with Gasteiger partial charge in [0.2, 0.25) is 0 Å². The monoisotopic (exact) mass is 295 g/mol. The van der Waals surface area contributed by atoms with Crippen molar-refractivity contribution in [3.8, 4) is 10.4 Å². The lowest BCUT2D eigenvalue weighted by molar-refractivity contribution is 0.545. The first-order valence-electron chi connectivity index (χ1n) is 7.64. The highest BCUT2D eigenvalue weighted by atomic mass is 32.1. The largest absolute Gasteiger partial charge is 0.310 e. The molecule has 2 aromatic carbocycles. The van der Waals surface area contributed by atoms with Crippen molar-refractivity contribution in [2.75, 3.05) is 6.54 Å². The lowest BCUT2D eigenvalue weighted by Crippen LogP contribution is -2.18. The van der Waals surface area contributed by atoms with E-state index in [0.717, 1.165) is 13.0 Å². The number of rotatable bonds is 5. The van der Waals surface area contributed by atoms with E-state index in [1.165, 1.54) is 26.1 Å². The van der Waals surface area contributed by atoms with Gasteiger partial charge < -0.3 is 5.32 Å². The summed E-state index contributed by atoms with van der Waals surface area (Å²) in [6.45, 7) is 5.42. The Morgan fingerprint density at radius 2 is 1.76 bits per heavy atom. The fraction of sp³-hybridized carbons (Fsp3) is 0.263. The van der Waals surface area contributed by atoms with Gasteiger partial charge in [0.05, 0.1) is 0 Å². The standard InChI is InChI=1S/C19H21NS/c1-3-17(20-4-2)19-12-11-18(21-19)16-10-9-14-7-5-6-8-15(14)13-16/h5-13,17,20H,3-4H2,1-2H3. The van der Waals surface area contributed by atoms with E-state index in [1.807, 2.05) is 11.3 Å². The first-order valence-corrected chi connectivity index (χ1v) is 8.45. The molecule has 0 aliphatic rings. The van der Waals surface area contributed by atoms with Gasteiger partial charge in [0, 0.05) is 15.8 Å². The Kier molecular flexibility index (Phi) is 4.37. The number of thiophene rings is 1. The second kappa shape index (κ2) is 6.42. The summed E-state index contributed by atoms with van der Waals surface area (Å²) in [6.07, 6.45) is 1.13. The lowest BCUT2D eigenvalue weighted by Gasteiger charge is -2.13. The van der Waals surface area contributed by atoms with Gasteiger partial charge in [0.25, 0.3) is 0 Å². The smallest absolute Gasteiger partial charge is 0.0412 e. The number of benzene rings is 2. The highest BCUT2D eigenvalue weighted by Gasteiger charge is 2.11. The zero-order valence-corrected chi connectivity index (χ0v) is 13.4. The van der Waals surface area contributed by atoms with Crippen LogP contribution in [0.15, 0.2) is 54.6 Å². The molecule has 0 fully saturated rings. The Hall–Kier alpha value is -1.64. The molecule has 0 saturated heterocycles. The molecule has 1 aromatic heterocycles. The van der Waals surface area contributed by atoms with E-state index in [4.69, 9.17) is 0 Å². The molecule has 0 radical (unpaired) electrons. The number of hydrogen-bond acceptors (Lipinski definition) is 2. The van der Waals surface area contributed by atoms with Crippen LogP contribution < -0.4 is 5.32 Å². The van der Waals surface area contributed by atoms with E-state index < -0.39 is 0 Å². The van der Waals surface area contributed by atoms with Gasteiger partial charge in [-0.15, -0.1) is 11.3 Å². The number of nitrogens with one attached hydrogen (secondary N) is 1. The van der Waals surface area contributed by atoms with Crippen LogP contribution in [0.5, 0.6) is 0 Å². The molecular weight excluding hydrogens is 274 g/mol. The van der Waals surface area contributed by atoms with Gasteiger partial charge in [-0.2, -0.15) is 0 Å². The molecule has 21 heavy (non-hydrogen) atoms. The summed E-state index contributed by atoms with van der Waals surface area (Å²) in [5.74, 6) is 0. The van der Waals surface area contributed by atoms with Gasteiger partial charge in [0.15, 0.2) is 0 Å². The van der Waals surface area contributed by atoms with Crippen molar-refractivity contribution in [3.05, 3.63) is 59.5 Å². The third-order valence-electron chi connectivity index (χ3n) is 3.86. The fourth-order valence-electron chi connectivity index (χ4n) is 2.73. The maximum Gasteiger partial charge on any atom is 0.0412 e. The molecule has 0 bridgehead atoms. The first-order chi connectivity index (χ1) is 10.3. The van der Waals surface area contributed by atoms with E-state index in [9.17, 15) is 0 Å². The predicted octanol–water partition coefficient (Wildman–Crippen LogP) is 5.63. The van der Waals surface area contributed by atoms with Crippen molar-refractivity contribution < 1.29 is 0 Å². The summed E-state index contributed by atoms with van der Waals surface area (Å²) >= 11 is 1.90. The summed E-state index contributed by atoms with van der Waals surface area (Å²) in [6, 6.07) is 20.3. The van der Waals surface area contributed by atoms with Gasteiger partial charge in [-0.05, 0) is 47.5 Å². The van der Waals surface area contributed by atoms with Gasteiger partial charge in [-0.1, -0.05) is 50.2 Å². The van der Waals surface area contributed by atoms with Crippen molar-refractivity contribution in [1.82, 2.24) is 5.32 Å². The van der Waals surface area contributed by atoms with Crippen LogP contribution in [-0.4, -0.2) is 6.54 Å². The summed E-state index contributed by atoms with van der Waals surface area (Å²) in [5, 5.41) is 6.17. The molecule has 3 rings (SSSR count). The summed E-state index contributed by atoms with van der Waals surface area (Å²) in [4.78, 5) is 2.79. The Morgan fingerprint density at radius 3 is 2.52 bits per heavy atom. The second-order valence-corrected chi connectivity index (χ2v) is 6.40. The van der Waals surface area contributed by atoms with Crippen molar-refractivity contribution in [3.63, 3.8) is 0 Å². The van der Waals surface area contributed by atoms with Crippen molar-refractivity contribution in [2.24, 2.45) is 0 Å². The highest BCUT2D eigenvalue weighted by Crippen LogP contribution is 2.33. The van der Waals surface area contributed by atoms with Gasteiger partial charge in [-0.3, -0.25) is 0 Å². The molecule has 1 unspecified atom stereocenters. The molecule has 1 nitrogen and oxygen atoms in total. The molecule has 0 spiro atoms. The van der Waals surface area contributed by atoms with Crippen LogP contribution in [0.4, 0.5) is 0 Å². The minimum atomic E-state index is 0.481. The zero-order valence-electron chi connectivity index (χ0n) is 12.6. The first kappa shape index (κ1) is 14.3. The lowest BCUT2D eigenvalue weighted by atomic mass is 10.1. The molecule has 108 valence electrons. The van der Waals surface area contributed by atoms with Gasteiger partial charge >= 0.3 is 0 Å². The van der Waals surface area contributed by atoms with E-state index in [2.05, 4.69) is 73.8 Å². The molecule has 1 N–H and O–H groups in total. The van der Waals surface area contributed by atoms with Crippen molar-refractivity contribution in [2.45, 2.75) is 26.3 Å². The molecule has 2 heteroatoms. The maximum absolute atomic E-state index is 3.55. The average molecular weight is 295 g/mol. The maximum atomic E-state index is 3.55. The zero-order chi connectivity index (χ0) is 14.7. The minimum Gasteiger partial charge on any atom is -0.310 e. The van der Waals surface area contributed by atoms with Crippen LogP contribution in [0.25, 0.3) is 21.2 Å². The van der Waals surface area contributed by atoms with Crippen LogP contribution in [0.3, 0.4) is 0 Å². The van der Waals surface area contributed by atoms with Crippen molar-refractivity contribution in [1.29, 1.82) is 0 Å². The Labute approximate surface area is 130 Å². The topological polar surface area (TPSA) is 12.0 Å². The molecule has 0 aliphatic carbocycles. The molecule has 1 atom stereocenters. The highest BCUT2D eigenvalue weighted by molar-refractivity contribution is 7.15. The van der Waals surface area contributed by atoms with E-state index in [1.54, 1.807) is 0 Å². The summed E-state index contributed by atoms with van der Waals surface area (Å²) in [7, 11) is 0. The second-order valence-electron chi connectivity index (χ2n) is 5.28. The van der Waals surface area contributed by atoms with Gasteiger partial charge in [-0.25, -0.2) is 0 Å². The average Bonchev–Trinajstić information content (AvgIpc) is 3.02. The predicted molar refractivity (Wildman–Crippen MR) is 94.0 cm³/mol. The van der Waals surface area contributed by atoms with E-state index in [0.29, 0.717) is 6.04 Å². The Balaban J connectivity index is 1.93. The van der Waals surface area contributed by atoms with Crippen LogP contribution in [-0.2, 0) is 0 Å². The molecular formula is C19H21NS. The molecule has 0 saturated carbocycles. The van der Waals surface area contributed by atoms with Crippen molar-refractivity contribution >= 4 is 22.1 Å². The normalized spacial score (nSPS) is 12.7. The summed E-state index contributed by atoms with van der Waals surface area (Å²) in [5.41, 5.74) is 1.32. The molecule has 3 aromatic rings. The fourth-order valence-corrected chi connectivity index (χ4v) is 3.89. The SMILES string of the molecule is CCNC(CC)c1ccc(-c2ccc3ccccc3c2)s1. The van der Waals surface area contributed by atoms with Crippen LogP contribution in [0.1, 0.15) is 31.2 Å². The van der Waals surface area contributed by atoms with Crippen LogP contribution >= 0.6 is 11.3 Å². The quantitative estimate of drug-likeness (QED) is 0.643. The summed E-state index contributed by atoms with van der Waals surface area (Å²) < 4.78 is 0. The third kappa shape index (κ3) is 3.02. The Morgan fingerprint density at radius 1 is 0.952 bits per heavy atom. The Bertz CT molecular complexity index is 729. The van der Waals surface area contributed by atoms with Crippen LogP contribution in [0.2, 0.25) is 0 Å².